The van der Waals surface area contributed by atoms with E-state index in [4.69, 9.17) is 0 Å². The van der Waals surface area contributed by atoms with Crippen LogP contribution in [0.15, 0.2) is 176 Å². The molecule has 2 nitrogen and oxygen atoms in total. The van der Waals surface area contributed by atoms with Crippen LogP contribution in [0.1, 0.15) is 25.0 Å². The van der Waals surface area contributed by atoms with E-state index in [1.807, 2.05) is 0 Å². The molecule has 3 heterocycles. The van der Waals surface area contributed by atoms with Crippen molar-refractivity contribution in [2.24, 2.45) is 0 Å². The largest absolute Gasteiger partial charge is 0.376 e. The lowest BCUT2D eigenvalue weighted by atomic mass is 9.43. The van der Waals surface area contributed by atoms with Crippen LogP contribution in [0.5, 0.6) is 0 Å². The van der Waals surface area contributed by atoms with Gasteiger partial charge in [0.1, 0.15) is 0 Å². The predicted molar refractivity (Wildman–Crippen MR) is 228 cm³/mol. The minimum absolute atomic E-state index is 0.0326. The number of rotatable bonds is 3. The molecule has 0 unspecified atom stereocenters. The van der Waals surface area contributed by atoms with Crippen LogP contribution in [0.3, 0.4) is 0 Å². The van der Waals surface area contributed by atoms with Gasteiger partial charge in [-0.15, -0.1) is 0 Å². The van der Waals surface area contributed by atoms with E-state index in [1.54, 1.807) is 0 Å². The van der Waals surface area contributed by atoms with Gasteiger partial charge in [0.05, 0.1) is 11.0 Å². The Morgan fingerprint density at radius 3 is 1.93 bits per heavy atom. The lowest BCUT2D eigenvalue weighted by molar-refractivity contribution is 0.661. The van der Waals surface area contributed by atoms with E-state index < -0.39 is 0 Å². The molecule has 0 fully saturated rings. The summed E-state index contributed by atoms with van der Waals surface area (Å²) >= 11 is 0. The maximum atomic E-state index is 2.62. The van der Waals surface area contributed by atoms with Crippen LogP contribution in [0.25, 0.3) is 72.0 Å². The number of nitrogens with zero attached hydrogens (tertiary/aromatic N) is 2. The first-order valence-electron chi connectivity index (χ1n) is 19.1. The van der Waals surface area contributed by atoms with Crippen LogP contribution >= 0.6 is 0 Å². The van der Waals surface area contributed by atoms with Gasteiger partial charge in [-0.05, 0) is 97.4 Å². The highest BCUT2D eigenvalue weighted by atomic mass is 15.1. The Bertz CT molecular complexity index is 3030. The molecular weight excluding hydrogens is 651 g/mol. The molecular formula is C51H35BN2. The van der Waals surface area contributed by atoms with Crippen LogP contribution < -0.4 is 15.7 Å². The van der Waals surface area contributed by atoms with E-state index in [0.29, 0.717) is 0 Å². The fourth-order valence-electron chi connectivity index (χ4n) is 10.3. The molecule has 3 heteroatoms. The van der Waals surface area contributed by atoms with Crippen molar-refractivity contribution < 1.29 is 0 Å². The van der Waals surface area contributed by atoms with Crippen molar-refractivity contribution in [1.29, 1.82) is 0 Å². The molecule has 0 radical (unpaired) electrons. The Balaban J connectivity index is 1.29. The fraction of sp³-hybridized carbons (Fsp3) is 0.0588. The number of para-hydroxylation sites is 3. The summed E-state index contributed by atoms with van der Waals surface area (Å²) in [6.45, 7) is 4.77. The molecule has 252 valence electrons. The number of anilines is 2. The SMILES string of the molecule is CC1(C)c2ccccc2-c2cc3c(cc21)B1c2c(cc(-c4ccccc4-c4ccccc4)c4c5ccccc5n-3c24)-c2ccccc2N1c1ccccc1. The summed E-state index contributed by atoms with van der Waals surface area (Å²) < 4.78 is 2.62. The number of hydrogen-bond acceptors (Lipinski definition) is 1. The lowest BCUT2D eigenvalue weighted by Gasteiger charge is -2.42. The molecule has 0 saturated carbocycles. The summed E-state index contributed by atoms with van der Waals surface area (Å²) in [5.41, 5.74) is 21.9. The van der Waals surface area contributed by atoms with Crippen LogP contribution in [0.2, 0.25) is 0 Å². The fourth-order valence-corrected chi connectivity index (χ4v) is 10.3. The Labute approximate surface area is 315 Å². The third kappa shape index (κ3) is 3.81. The van der Waals surface area contributed by atoms with E-state index in [9.17, 15) is 0 Å². The summed E-state index contributed by atoms with van der Waals surface area (Å²) in [6, 6.07) is 65.7. The van der Waals surface area contributed by atoms with E-state index in [0.717, 1.165) is 0 Å². The standard InChI is InChI=1S/C51H35BN2/c1-51(2)42-26-14-11-23-36(42)39-30-47-44(31-43(39)51)52-49-41(37-24-12-16-28-46(37)54(52)33-19-7-4-8-20-33)29-40(48-38-25-13-15-27-45(38)53(47)50(48)49)35-22-10-9-21-34(35)32-17-5-3-6-18-32/h3-31H,1-2H3. The topological polar surface area (TPSA) is 8.17 Å². The van der Waals surface area contributed by atoms with Crippen LogP contribution in [0, 0.1) is 0 Å². The average Bonchev–Trinajstić information content (AvgIpc) is 3.69. The first kappa shape index (κ1) is 29.9. The molecule has 54 heavy (non-hydrogen) atoms. The monoisotopic (exact) mass is 686 g/mol. The lowest BCUT2D eigenvalue weighted by Crippen LogP contribution is -2.60. The van der Waals surface area contributed by atoms with Gasteiger partial charge in [-0.3, -0.25) is 0 Å². The highest BCUT2D eigenvalue weighted by Gasteiger charge is 2.46. The minimum Gasteiger partial charge on any atom is -0.376 e. The quantitative estimate of drug-likeness (QED) is 0.168. The van der Waals surface area contributed by atoms with E-state index in [1.165, 1.54) is 105 Å². The Kier molecular flexibility index (Phi) is 5.96. The highest BCUT2D eigenvalue weighted by Crippen LogP contribution is 2.52. The Hall–Kier alpha value is -6.58. The molecule has 12 rings (SSSR count). The van der Waals surface area contributed by atoms with Crippen molar-refractivity contribution in [3.63, 3.8) is 0 Å². The van der Waals surface area contributed by atoms with Gasteiger partial charge in [0.2, 0.25) is 0 Å². The summed E-state index contributed by atoms with van der Waals surface area (Å²) in [6.07, 6.45) is 0. The Morgan fingerprint density at radius 2 is 1.11 bits per heavy atom. The van der Waals surface area contributed by atoms with Crippen molar-refractivity contribution in [1.82, 2.24) is 4.57 Å². The predicted octanol–water partition coefficient (Wildman–Crippen LogP) is 11.7. The molecule has 0 bridgehead atoms. The molecule has 0 N–H and O–H groups in total. The van der Waals surface area contributed by atoms with Crippen molar-refractivity contribution in [3.8, 4) is 50.2 Å². The van der Waals surface area contributed by atoms with Crippen LogP contribution in [0.4, 0.5) is 11.4 Å². The summed E-state index contributed by atoms with van der Waals surface area (Å²) in [4.78, 5) is 2.62. The zero-order chi connectivity index (χ0) is 35.7. The third-order valence-corrected chi connectivity index (χ3v) is 12.6. The number of fused-ring (bicyclic) bond motifs is 11. The zero-order valence-electron chi connectivity index (χ0n) is 30.2. The average molecular weight is 687 g/mol. The van der Waals surface area contributed by atoms with Crippen molar-refractivity contribution in [2.45, 2.75) is 19.3 Å². The summed E-state index contributed by atoms with van der Waals surface area (Å²) in [5, 5.41) is 2.60. The molecule has 3 aliphatic rings. The second-order valence-electron chi connectivity index (χ2n) is 15.6. The molecule has 0 atom stereocenters. The van der Waals surface area contributed by atoms with Gasteiger partial charge in [-0.25, -0.2) is 0 Å². The van der Waals surface area contributed by atoms with Gasteiger partial charge < -0.3 is 9.38 Å². The third-order valence-electron chi connectivity index (χ3n) is 12.6. The highest BCUT2D eigenvalue weighted by molar-refractivity contribution is 6.93. The number of aromatic nitrogens is 1. The smallest absolute Gasteiger partial charge is 0.333 e. The molecule has 0 saturated heterocycles. The number of benzene rings is 8. The normalized spacial score (nSPS) is 14.2. The molecule has 9 aromatic rings. The first-order valence-corrected chi connectivity index (χ1v) is 19.1. The van der Waals surface area contributed by atoms with Gasteiger partial charge in [-0.1, -0.05) is 153 Å². The second kappa shape index (κ2) is 10.7. The van der Waals surface area contributed by atoms with Crippen molar-refractivity contribution >= 4 is 51.0 Å². The molecule has 2 aliphatic heterocycles. The maximum absolute atomic E-state index is 2.62. The van der Waals surface area contributed by atoms with Crippen LogP contribution in [-0.4, -0.2) is 11.4 Å². The number of hydrogen-bond donors (Lipinski definition) is 0. The van der Waals surface area contributed by atoms with E-state index in [-0.39, 0.29) is 12.3 Å². The molecule has 0 amide bonds. The minimum atomic E-state index is -0.118. The first-order chi connectivity index (χ1) is 26.6. The van der Waals surface area contributed by atoms with Gasteiger partial charge in [0.25, 0.3) is 0 Å². The van der Waals surface area contributed by atoms with Gasteiger partial charge >= 0.3 is 6.85 Å². The molecule has 1 aliphatic carbocycles. The van der Waals surface area contributed by atoms with Crippen molar-refractivity contribution in [2.75, 3.05) is 4.81 Å². The van der Waals surface area contributed by atoms with Crippen LogP contribution in [-0.2, 0) is 5.41 Å². The summed E-state index contributed by atoms with van der Waals surface area (Å²) in [7, 11) is 0. The Morgan fingerprint density at radius 1 is 0.463 bits per heavy atom. The summed E-state index contributed by atoms with van der Waals surface area (Å²) in [5.74, 6) is 0. The molecule has 8 aromatic carbocycles. The second-order valence-corrected chi connectivity index (χ2v) is 15.6. The van der Waals surface area contributed by atoms with Crippen molar-refractivity contribution in [3.05, 3.63) is 187 Å². The van der Waals surface area contributed by atoms with E-state index in [2.05, 4.69) is 199 Å². The molecule has 1 aromatic heterocycles. The van der Waals surface area contributed by atoms with Gasteiger partial charge in [0.15, 0.2) is 0 Å². The zero-order valence-corrected chi connectivity index (χ0v) is 30.2. The maximum Gasteiger partial charge on any atom is 0.333 e. The molecule has 0 spiro atoms. The van der Waals surface area contributed by atoms with Gasteiger partial charge in [0, 0.05) is 38.8 Å². The van der Waals surface area contributed by atoms with E-state index >= 15 is 0 Å². The van der Waals surface area contributed by atoms with Gasteiger partial charge in [-0.2, -0.15) is 0 Å².